The van der Waals surface area contributed by atoms with Crippen LogP contribution in [0.5, 0.6) is 11.5 Å². The number of nitrogens with one attached hydrogen (secondary N) is 2. The lowest BCUT2D eigenvalue weighted by atomic mass is 10.0. The highest BCUT2D eigenvalue weighted by Crippen LogP contribution is 2.39. The van der Waals surface area contributed by atoms with Gasteiger partial charge in [0.15, 0.2) is 0 Å². The van der Waals surface area contributed by atoms with Crippen molar-refractivity contribution in [2.45, 2.75) is 59.9 Å². The lowest BCUT2D eigenvalue weighted by Gasteiger charge is -2.23. The third-order valence-corrected chi connectivity index (χ3v) is 7.47. The van der Waals surface area contributed by atoms with Gasteiger partial charge in [0.05, 0.1) is 11.3 Å². The topological polar surface area (TPSA) is 142 Å². The first kappa shape index (κ1) is 36.1. The molecule has 0 aliphatic heterocycles. The number of ether oxygens (including phenoxy) is 4. The van der Waals surface area contributed by atoms with Gasteiger partial charge in [-0.2, -0.15) is 0 Å². The van der Waals surface area contributed by atoms with E-state index in [2.05, 4.69) is 15.6 Å². The first-order valence-corrected chi connectivity index (χ1v) is 16.0. The van der Waals surface area contributed by atoms with Crippen molar-refractivity contribution in [2.24, 2.45) is 11.8 Å². The number of alkyl carbamates (subject to hydrolysis) is 2. The van der Waals surface area contributed by atoms with E-state index in [4.69, 9.17) is 18.9 Å². The molecule has 2 N–H and O–H groups in total. The number of carbonyl (C=O) groups is 4. The smallest absolute Gasteiger partial charge is 0.408 e. The highest BCUT2D eigenvalue weighted by Gasteiger charge is 2.31. The van der Waals surface area contributed by atoms with Crippen molar-refractivity contribution in [3.05, 3.63) is 114 Å². The molecule has 0 spiro atoms. The largest absolute Gasteiger partial charge is 0.445 e. The number of esters is 2. The molecule has 1 aromatic heterocycles. The maximum atomic E-state index is 13.6. The summed E-state index contributed by atoms with van der Waals surface area (Å²) in [4.78, 5) is 56.9. The molecule has 4 rings (SSSR count). The SMILES string of the molecule is Cc1cccnc1-c1c(OC(=O)[C@@H](NC(=O)OCc2ccccc2)C(C)C)cccc1OC(=O)[C@@H](NC(=O)OCc1ccccc1)C(C)C. The molecule has 0 saturated heterocycles. The standard InChI is InChI=1S/C38H41N3O8/c1-24(2)32(40-37(44)46-22-27-15-8-6-9-16-27)35(42)48-29-19-12-20-30(31(29)34-26(5)14-13-21-39-34)49-36(43)33(25(3)4)41-38(45)47-23-28-17-10-7-11-18-28/h6-21,24-25,32-33H,22-23H2,1-5H3,(H,40,44)(H,41,45)/t32-,33-/m0/s1. The number of hydrogen-bond donors (Lipinski definition) is 2. The summed E-state index contributed by atoms with van der Waals surface area (Å²) in [6.07, 6.45) is 0.00427. The summed E-state index contributed by atoms with van der Waals surface area (Å²) in [5.41, 5.74) is 2.95. The molecule has 11 nitrogen and oxygen atoms in total. The van der Waals surface area contributed by atoms with Crippen LogP contribution in [-0.2, 0) is 32.3 Å². The van der Waals surface area contributed by atoms with Crippen LogP contribution in [0.2, 0.25) is 0 Å². The predicted molar refractivity (Wildman–Crippen MR) is 182 cm³/mol. The Balaban J connectivity index is 1.54. The Morgan fingerprint density at radius 3 is 1.47 bits per heavy atom. The Labute approximate surface area is 285 Å². The van der Waals surface area contributed by atoms with E-state index in [1.165, 1.54) is 0 Å². The second-order valence-electron chi connectivity index (χ2n) is 12.0. The number of benzene rings is 3. The van der Waals surface area contributed by atoms with Gasteiger partial charge in [-0.1, -0.05) is 100 Å². The fourth-order valence-corrected chi connectivity index (χ4v) is 4.78. The summed E-state index contributed by atoms with van der Waals surface area (Å²) in [5, 5.41) is 5.20. The van der Waals surface area contributed by atoms with Gasteiger partial charge in [-0.25, -0.2) is 19.2 Å². The Hall–Kier alpha value is -5.71. The monoisotopic (exact) mass is 667 g/mol. The van der Waals surface area contributed by atoms with E-state index >= 15 is 0 Å². The van der Waals surface area contributed by atoms with Gasteiger partial charge in [-0.15, -0.1) is 0 Å². The van der Waals surface area contributed by atoms with E-state index in [9.17, 15) is 19.2 Å². The van der Waals surface area contributed by atoms with Crippen molar-refractivity contribution < 1.29 is 38.1 Å². The molecule has 11 heteroatoms. The normalized spacial score (nSPS) is 12.1. The molecule has 0 aliphatic carbocycles. The van der Waals surface area contributed by atoms with E-state index in [-0.39, 0.29) is 42.1 Å². The summed E-state index contributed by atoms with van der Waals surface area (Å²) in [6, 6.07) is 24.4. The van der Waals surface area contributed by atoms with Crippen LogP contribution in [0.3, 0.4) is 0 Å². The van der Waals surface area contributed by atoms with Gasteiger partial charge in [-0.3, -0.25) is 4.98 Å². The molecule has 2 amide bonds. The van der Waals surface area contributed by atoms with Crippen molar-refractivity contribution in [3.63, 3.8) is 0 Å². The molecule has 0 fully saturated rings. The average molecular weight is 668 g/mol. The Bertz CT molecular complexity index is 1630. The van der Waals surface area contributed by atoms with Gasteiger partial charge in [0.2, 0.25) is 0 Å². The van der Waals surface area contributed by atoms with Crippen LogP contribution in [-0.4, -0.2) is 41.2 Å². The molecule has 0 unspecified atom stereocenters. The van der Waals surface area contributed by atoms with E-state index in [1.54, 1.807) is 58.2 Å². The Morgan fingerprint density at radius 2 is 1.06 bits per heavy atom. The zero-order valence-electron chi connectivity index (χ0n) is 28.2. The van der Waals surface area contributed by atoms with Crippen LogP contribution >= 0.6 is 0 Å². The van der Waals surface area contributed by atoms with Crippen molar-refractivity contribution in [1.29, 1.82) is 0 Å². The van der Waals surface area contributed by atoms with E-state index in [0.717, 1.165) is 11.1 Å². The number of aromatic nitrogens is 1. The molecule has 0 radical (unpaired) electrons. The molecule has 256 valence electrons. The summed E-state index contributed by atoms with van der Waals surface area (Å²) in [5.74, 6) is -2.13. The van der Waals surface area contributed by atoms with E-state index < -0.39 is 36.2 Å². The van der Waals surface area contributed by atoms with Gasteiger partial charge in [0, 0.05) is 6.20 Å². The maximum absolute atomic E-state index is 13.6. The summed E-state index contributed by atoms with van der Waals surface area (Å²) in [7, 11) is 0. The molecule has 2 atom stereocenters. The van der Waals surface area contributed by atoms with Gasteiger partial charge >= 0.3 is 24.1 Å². The first-order chi connectivity index (χ1) is 23.5. The number of rotatable bonds is 13. The zero-order valence-corrected chi connectivity index (χ0v) is 28.2. The highest BCUT2D eigenvalue weighted by atomic mass is 16.6. The molecule has 0 saturated carbocycles. The van der Waals surface area contributed by atoms with Gasteiger partial charge < -0.3 is 29.6 Å². The van der Waals surface area contributed by atoms with Crippen LogP contribution in [0.15, 0.2) is 97.2 Å². The Morgan fingerprint density at radius 1 is 0.612 bits per heavy atom. The van der Waals surface area contributed by atoms with Crippen LogP contribution in [0.4, 0.5) is 9.59 Å². The average Bonchev–Trinajstić information content (AvgIpc) is 3.09. The maximum Gasteiger partial charge on any atom is 0.408 e. The minimum atomic E-state index is -1.07. The van der Waals surface area contributed by atoms with Crippen LogP contribution in [0, 0.1) is 18.8 Å². The highest BCUT2D eigenvalue weighted by molar-refractivity contribution is 5.88. The van der Waals surface area contributed by atoms with Crippen LogP contribution in [0.25, 0.3) is 11.3 Å². The molecule has 4 aromatic rings. The second kappa shape index (κ2) is 17.4. The molecular weight excluding hydrogens is 626 g/mol. The lowest BCUT2D eigenvalue weighted by Crippen LogP contribution is -2.46. The summed E-state index contributed by atoms with van der Waals surface area (Å²) >= 11 is 0. The van der Waals surface area contributed by atoms with Crippen molar-refractivity contribution in [2.75, 3.05) is 0 Å². The van der Waals surface area contributed by atoms with Crippen molar-refractivity contribution >= 4 is 24.1 Å². The third-order valence-electron chi connectivity index (χ3n) is 7.47. The Kier molecular flexibility index (Phi) is 12.9. The molecular formula is C38H41N3O8. The minimum Gasteiger partial charge on any atom is -0.445 e. The first-order valence-electron chi connectivity index (χ1n) is 16.0. The quantitative estimate of drug-likeness (QED) is 0.117. The fraction of sp³-hybridized carbons (Fsp3) is 0.289. The molecule has 49 heavy (non-hydrogen) atoms. The number of amides is 2. The summed E-state index contributed by atoms with van der Waals surface area (Å²) in [6.45, 7) is 8.91. The second-order valence-corrected chi connectivity index (χ2v) is 12.0. The van der Waals surface area contributed by atoms with Gasteiger partial charge in [0.25, 0.3) is 0 Å². The van der Waals surface area contributed by atoms with Crippen LogP contribution in [0.1, 0.15) is 44.4 Å². The molecule has 0 aliphatic rings. The predicted octanol–water partition coefficient (Wildman–Crippen LogP) is 6.77. The lowest BCUT2D eigenvalue weighted by molar-refractivity contribution is -0.138. The van der Waals surface area contributed by atoms with Crippen molar-refractivity contribution in [1.82, 2.24) is 15.6 Å². The number of aryl methyl sites for hydroxylation is 1. The number of pyridine rings is 1. The van der Waals surface area contributed by atoms with Crippen molar-refractivity contribution in [3.8, 4) is 22.8 Å². The fourth-order valence-electron chi connectivity index (χ4n) is 4.78. The minimum absolute atomic E-state index is 0.0278. The summed E-state index contributed by atoms with van der Waals surface area (Å²) < 4.78 is 22.4. The third kappa shape index (κ3) is 10.4. The molecule has 1 heterocycles. The zero-order chi connectivity index (χ0) is 35.3. The van der Waals surface area contributed by atoms with Crippen LogP contribution < -0.4 is 20.1 Å². The molecule has 3 aromatic carbocycles. The number of nitrogens with zero attached hydrogens (tertiary/aromatic N) is 1. The number of hydrogen-bond acceptors (Lipinski definition) is 9. The van der Waals surface area contributed by atoms with Gasteiger partial charge in [-0.05, 0) is 53.6 Å². The molecule has 0 bridgehead atoms. The van der Waals surface area contributed by atoms with E-state index in [1.807, 2.05) is 73.7 Å². The van der Waals surface area contributed by atoms with Gasteiger partial charge in [0.1, 0.15) is 36.8 Å². The van der Waals surface area contributed by atoms with E-state index in [0.29, 0.717) is 11.3 Å². The number of carbonyl (C=O) groups excluding carboxylic acids is 4.